The molecule has 0 saturated carbocycles. The lowest BCUT2D eigenvalue weighted by molar-refractivity contribution is -0.126. The number of anilines is 1. The molecule has 0 unspecified atom stereocenters. The van der Waals surface area contributed by atoms with Crippen LogP contribution in [0.25, 0.3) is 0 Å². The first-order valence-electron chi connectivity index (χ1n) is 8.99. The summed E-state index contributed by atoms with van der Waals surface area (Å²) in [5.74, 6) is -1.01. The fourth-order valence-electron chi connectivity index (χ4n) is 3.08. The van der Waals surface area contributed by atoms with Gasteiger partial charge in [-0.05, 0) is 49.2 Å². The molecule has 2 aromatic carbocycles. The van der Waals surface area contributed by atoms with Crippen LogP contribution < -0.4 is 4.90 Å². The quantitative estimate of drug-likeness (QED) is 0.526. The largest absolute Gasteiger partial charge is 0.449 e. The van der Waals surface area contributed by atoms with E-state index in [2.05, 4.69) is 0 Å². The lowest BCUT2D eigenvalue weighted by atomic mass is 10.2. The number of sulfonamides is 1. The topological polar surface area (TPSA) is 93.2 Å². The monoisotopic (exact) mass is 418 g/mol. The first kappa shape index (κ1) is 21.0. The van der Waals surface area contributed by atoms with Crippen LogP contribution in [0.5, 0.6) is 0 Å². The van der Waals surface area contributed by atoms with Crippen LogP contribution in [0.1, 0.15) is 22.8 Å². The molecule has 2 aromatic rings. The Morgan fingerprint density at radius 2 is 1.76 bits per heavy atom. The lowest BCUT2D eigenvalue weighted by Crippen LogP contribution is -2.39. The van der Waals surface area contributed by atoms with Gasteiger partial charge in [-0.3, -0.25) is 9.63 Å². The molecule has 0 aliphatic carbocycles. The van der Waals surface area contributed by atoms with E-state index in [1.165, 1.54) is 45.3 Å². The highest BCUT2D eigenvalue weighted by Crippen LogP contribution is 2.28. The molecule has 0 fully saturated rings. The molecule has 0 bridgehead atoms. The van der Waals surface area contributed by atoms with E-state index in [1.807, 2.05) is 24.3 Å². The molecule has 1 aliphatic rings. The Balaban J connectivity index is 1.68. The van der Waals surface area contributed by atoms with Crippen molar-refractivity contribution in [3.63, 3.8) is 0 Å². The van der Waals surface area contributed by atoms with Crippen LogP contribution >= 0.6 is 0 Å². The molecule has 1 amide bonds. The average molecular weight is 418 g/mol. The minimum atomic E-state index is -3.81. The van der Waals surface area contributed by atoms with Crippen LogP contribution in [0.15, 0.2) is 53.4 Å². The van der Waals surface area contributed by atoms with Crippen molar-refractivity contribution in [1.29, 1.82) is 0 Å². The molecule has 1 aliphatic heterocycles. The minimum absolute atomic E-state index is 0.0313. The standard InChI is InChI=1S/C20H22N2O6S/c1-14(19(23)22-13-12-15-6-4-5-7-18(15)22)28-20(24)16-8-10-17(11-9-16)29(25,26)21(2)27-3/h4-11,14H,12-13H2,1-3H3/t14-/m1/s1. The van der Waals surface area contributed by atoms with Crippen LogP contribution in [0, 0.1) is 0 Å². The summed E-state index contributed by atoms with van der Waals surface area (Å²) in [5, 5.41) is 0. The number of hydroxylamine groups is 1. The van der Waals surface area contributed by atoms with Gasteiger partial charge in [0.2, 0.25) is 0 Å². The summed E-state index contributed by atoms with van der Waals surface area (Å²) in [5.41, 5.74) is 2.06. The minimum Gasteiger partial charge on any atom is -0.449 e. The Morgan fingerprint density at radius 3 is 2.41 bits per heavy atom. The average Bonchev–Trinajstić information content (AvgIpc) is 3.16. The highest BCUT2D eigenvalue weighted by molar-refractivity contribution is 7.89. The number of ether oxygens (including phenoxy) is 1. The number of amides is 1. The van der Waals surface area contributed by atoms with Crippen molar-refractivity contribution in [2.24, 2.45) is 0 Å². The van der Waals surface area contributed by atoms with E-state index >= 15 is 0 Å². The van der Waals surface area contributed by atoms with Gasteiger partial charge in [-0.25, -0.2) is 13.2 Å². The van der Waals surface area contributed by atoms with Gasteiger partial charge in [0, 0.05) is 19.3 Å². The molecule has 0 radical (unpaired) electrons. The number of nitrogens with zero attached hydrogens (tertiary/aromatic N) is 2. The Hall–Kier alpha value is -2.75. The van der Waals surface area contributed by atoms with Crippen LogP contribution in [-0.2, 0) is 30.8 Å². The van der Waals surface area contributed by atoms with Gasteiger partial charge in [-0.2, -0.15) is 0 Å². The highest BCUT2D eigenvalue weighted by atomic mass is 32.2. The second-order valence-electron chi connectivity index (χ2n) is 6.54. The summed E-state index contributed by atoms with van der Waals surface area (Å²) in [6, 6.07) is 12.8. The molecule has 29 heavy (non-hydrogen) atoms. The molecule has 8 nitrogen and oxygen atoms in total. The number of carbonyl (C=O) groups excluding carboxylic acids is 2. The van der Waals surface area contributed by atoms with Gasteiger partial charge >= 0.3 is 5.97 Å². The highest BCUT2D eigenvalue weighted by Gasteiger charge is 2.30. The van der Waals surface area contributed by atoms with E-state index < -0.39 is 22.1 Å². The fourth-order valence-corrected chi connectivity index (χ4v) is 4.05. The van der Waals surface area contributed by atoms with Gasteiger partial charge in [0.05, 0.1) is 17.6 Å². The van der Waals surface area contributed by atoms with Gasteiger partial charge < -0.3 is 9.64 Å². The molecule has 3 rings (SSSR count). The van der Waals surface area contributed by atoms with E-state index in [1.54, 1.807) is 4.90 Å². The number of fused-ring (bicyclic) bond motifs is 1. The second kappa shape index (κ2) is 8.32. The molecular weight excluding hydrogens is 396 g/mol. The lowest BCUT2D eigenvalue weighted by Gasteiger charge is -2.21. The van der Waals surface area contributed by atoms with Gasteiger partial charge in [0.25, 0.3) is 15.9 Å². The molecular formula is C20H22N2O6S. The molecule has 0 spiro atoms. The Bertz CT molecular complexity index is 1020. The van der Waals surface area contributed by atoms with Crippen molar-refractivity contribution in [1.82, 2.24) is 4.47 Å². The number of rotatable bonds is 6. The summed E-state index contributed by atoms with van der Waals surface area (Å²) in [6.07, 6.45) is -0.217. The van der Waals surface area contributed by atoms with Gasteiger partial charge in [0.1, 0.15) is 0 Å². The number of hydrogen-bond donors (Lipinski definition) is 0. The zero-order valence-electron chi connectivity index (χ0n) is 16.4. The molecule has 0 saturated heterocycles. The maximum Gasteiger partial charge on any atom is 0.338 e. The fraction of sp³-hybridized carbons (Fsp3) is 0.300. The van der Waals surface area contributed by atoms with Gasteiger partial charge in [-0.15, -0.1) is 0 Å². The summed E-state index contributed by atoms with van der Waals surface area (Å²) in [4.78, 5) is 31.4. The van der Waals surface area contributed by atoms with Crippen molar-refractivity contribution >= 4 is 27.6 Å². The number of benzene rings is 2. The van der Waals surface area contributed by atoms with Crippen molar-refractivity contribution in [3.05, 3.63) is 59.7 Å². The Morgan fingerprint density at radius 1 is 1.10 bits per heavy atom. The van der Waals surface area contributed by atoms with Gasteiger partial charge in [0.15, 0.2) is 6.10 Å². The molecule has 154 valence electrons. The van der Waals surface area contributed by atoms with Crippen molar-refractivity contribution in [3.8, 4) is 0 Å². The zero-order chi connectivity index (χ0) is 21.2. The second-order valence-corrected chi connectivity index (χ2v) is 8.47. The summed E-state index contributed by atoms with van der Waals surface area (Å²) < 4.78 is 30.4. The van der Waals surface area contributed by atoms with E-state index in [0.717, 1.165) is 22.1 Å². The van der Waals surface area contributed by atoms with Crippen molar-refractivity contribution in [2.75, 3.05) is 25.6 Å². The smallest absolute Gasteiger partial charge is 0.338 e. The third-order valence-corrected chi connectivity index (χ3v) is 6.46. The number of para-hydroxylation sites is 1. The number of carbonyl (C=O) groups is 2. The summed E-state index contributed by atoms with van der Waals surface area (Å²) in [7, 11) is -1.31. The first-order chi connectivity index (χ1) is 13.8. The predicted molar refractivity (Wildman–Crippen MR) is 106 cm³/mol. The number of hydrogen-bond acceptors (Lipinski definition) is 6. The number of esters is 1. The maximum atomic E-state index is 12.7. The van der Waals surface area contributed by atoms with E-state index in [9.17, 15) is 18.0 Å². The van der Waals surface area contributed by atoms with Crippen LogP contribution in [0.2, 0.25) is 0 Å². The van der Waals surface area contributed by atoms with E-state index in [0.29, 0.717) is 6.54 Å². The Labute approximate surface area is 169 Å². The summed E-state index contributed by atoms with van der Waals surface area (Å²) in [6.45, 7) is 2.06. The molecule has 9 heteroatoms. The first-order valence-corrected chi connectivity index (χ1v) is 10.4. The molecule has 1 atom stereocenters. The third-order valence-electron chi connectivity index (χ3n) is 4.77. The van der Waals surface area contributed by atoms with E-state index in [4.69, 9.17) is 9.57 Å². The summed E-state index contributed by atoms with van der Waals surface area (Å²) >= 11 is 0. The Kier molecular flexibility index (Phi) is 6.02. The predicted octanol–water partition coefficient (Wildman–Crippen LogP) is 2.00. The normalized spacial score (nSPS) is 14.6. The zero-order valence-corrected chi connectivity index (χ0v) is 17.2. The molecule has 0 N–H and O–H groups in total. The third kappa shape index (κ3) is 4.16. The van der Waals surface area contributed by atoms with Crippen molar-refractivity contribution < 1.29 is 27.6 Å². The van der Waals surface area contributed by atoms with Crippen LogP contribution in [0.3, 0.4) is 0 Å². The van der Waals surface area contributed by atoms with E-state index in [-0.39, 0.29) is 16.4 Å². The maximum absolute atomic E-state index is 12.7. The van der Waals surface area contributed by atoms with Crippen molar-refractivity contribution in [2.45, 2.75) is 24.3 Å². The van der Waals surface area contributed by atoms with Crippen LogP contribution in [-0.4, -0.2) is 51.6 Å². The van der Waals surface area contributed by atoms with Crippen LogP contribution in [0.4, 0.5) is 5.69 Å². The van der Waals surface area contributed by atoms with Gasteiger partial charge in [-0.1, -0.05) is 22.7 Å². The molecule has 1 heterocycles. The molecule has 0 aromatic heterocycles. The SMILES string of the molecule is CON(C)S(=O)(=O)c1ccc(C(=O)O[C@H](C)C(=O)N2CCc3ccccc32)cc1.